The SMILES string of the molecule is CC#CC(=O)NC1CCCc2nc(-c3ccccc3)ncc21. The van der Waals surface area contributed by atoms with Crippen molar-refractivity contribution in [3.8, 4) is 23.2 Å². The van der Waals surface area contributed by atoms with Crippen molar-refractivity contribution in [1.29, 1.82) is 0 Å². The minimum Gasteiger partial charge on any atom is -0.338 e. The van der Waals surface area contributed by atoms with Crippen LogP contribution in [0.1, 0.15) is 37.1 Å². The molecule has 1 N–H and O–H groups in total. The molecule has 0 bridgehead atoms. The second-order valence-electron chi connectivity index (χ2n) is 5.25. The molecule has 1 amide bonds. The van der Waals surface area contributed by atoms with Crippen LogP contribution < -0.4 is 5.32 Å². The van der Waals surface area contributed by atoms with Gasteiger partial charge in [0.1, 0.15) is 0 Å². The van der Waals surface area contributed by atoms with E-state index >= 15 is 0 Å². The highest BCUT2D eigenvalue weighted by Gasteiger charge is 2.23. The van der Waals surface area contributed by atoms with Crippen molar-refractivity contribution in [3.05, 3.63) is 47.8 Å². The van der Waals surface area contributed by atoms with E-state index in [2.05, 4.69) is 27.1 Å². The van der Waals surface area contributed by atoms with Crippen molar-refractivity contribution < 1.29 is 4.79 Å². The minimum absolute atomic E-state index is 0.0399. The number of fused-ring (bicyclic) bond motifs is 1. The monoisotopic (exact) mass is 291 g/mol. The summed E-state index contributed by atoms with van der Waals surface area (Å²) in [6.07, 6.45) is 4.67. The van der Waals surface area contributed by atoms with Gasteiger partial charge >= 0.3 is 0 Å². The number of nitrogens with zero attached hydrogens (tertiary/aromatic N) is 2. The third-order valence-electron chi connectivity index (χ3n) is 3.76. The zero-order chi connectivity index (χ0) is 15.4. The average molecular weight is 291 g/mol. The van der Waals surface area contributed by atoms with Crippen LogP contribution >= 0.6 is 0 Å². The van der Waals surface area contributed by atoms with Crippen LogP contribution in [0.5, 0.6) is 0 Å². The molecule has 1 heterocycles. The van der Waals surface area contributed by atoms with E-state index in [1.165, 1.54) is 0 Å². The topological polar surface area (TPSA) is 54.9 Å². The molecule has 0 fully saturated rings. The van der Waals surface area contributed by atoms with Crippen molar-refractivity contribution in [2.45, 2.75) is 32.2 Å². The quantitative estimate of drug-likeness (QED) is 0.865. The average Bonchev–Trinajstić information content (AvgIpc) is 2.56. The Labute approximate surface area is 130 Å². The smallest absolute Gasteiger partial charge is 0.296 e. The normalized spacial score (nSPS) is 16.1. The third kappa shape index (κ3) is 2.99. The summed E-state index contributed by atoms with van der Waals surface area (Å²) in [5.41, 5.74) is 3.04. The number of carbonyl (C=O) groups excluding carboxylic acids is 1. The van der Waals surface area contributed by atoms with E-state index in [9.17, 15) is 4.79 Å². The zero-order valence-electron chi connectivity index (χ0n) is 12.5. The lowest BCUT2D eigenvalue weighted by molar-refractivity contribution is -0.116. The Morgan fingerprint density at radius 2 is 2.14 bits per heavy atom. The summed E-state index contributed by atoms with van der Waals surface area (Å²) >= 11 is 0. The molecule has 3 rings (SSSR count). The van der Waals surface area contributed by atoms with Gasteiger partial charge in [-0.2, -0.15) is 0 Å². The molecule has 0 spiro atoms. The number of nitrogens with one attached hydrogen (secondary N) is 1. The molecule has 1 aromatic carbocycles. The van der Waals surface area contributed by atoms with Crippen LogP contribution in [-0.2, 0) is 11.2 Å². The Morgan fingerprint density at radius 1 is 1.32 bits per heavy atom. The van der Waals surface area contributed by atoms with Crippen molar-refractivity contribution >= 4 is 5.91 Å². The molecule has 0 radical (unpaired) electrons. The maximum atomic E-state index is 11.7. The zero-order valence-corrected chi connectivity index (χ0v) is 12.5. The largest absolute Gasteiger partial charge is 0.338 e. The molecule has 1 aliphatic carbocycles. The van der Waals surface area contributed by atoms with Gasteiger partial charge in [-0.3, -0.25) is 4.79 Å². The molecular formula is C18H17N3O. The van der Waals surface area contributed by atoms with E-state index < -0.39 is 0 Å². The molecule has 1 atom stereocenters. The molecule has 0 saturated carbocycles. The Morgan fingerprint density at radius 3 is 2.91 bits per heavy atom. The summed E-state index contributed by atoms with van der Waals surface area (Å²) in [6, 6.07) is 9.89. The molecule has 4 nitrogen and oxygen atoms in total. The number of amides is 1. The first kappa shape index (κ1) is 14.3. The highest BCUT2D eigenvalue weighted by molar-refractivity contribution is 5.93. The van der Waals surface area contributed by atoms with Crippen LogP contribution in [0.15, 0.2) is 36.5 Å². The van der Waals surface area contributed by atoms with Crippen LogP contribution in [0.25, 0.3) is 11.4 Å². The van der Waals surface area contributed by atoms with Crippen LogP contribution in [0, 0.1) is 11.8 Å². The van der Waals surface area contributed by atoms with E-state index in [-0.39, 0.29) is 11.9 Å². The predicted molar refractivity (Wildman–Crippen MR) is 84.7 cm³/mol. The molecule has 0 aliphatic heterocycles. The minimum atomic E-state index is -0.243. The van der Waals surface area contributed by atoms with Crippen LogP contribution in [-0.4, -0.2) is 15.9 Å². The van der Waals surface area contributed by atoms with Gasteiger partial charge < -0.3 is 5.32 Å². The van der Waals surface area contributed by atoms with Gasteiger partial charge in [-0.05, 0) is 32.1 Å². The van der Waals surface area contributed by atoms with Gasteiger partial charge in [-0.1, -0.05) is 36.3 Å². The molecular weight excluding hydrogens is 274 g/mol. The third-order valence-corrected chi connectivity index (χ3v) is 3.76. The van der Waals surface area contributed by atoms with Crippen molar-refractivity contribution in [2.24, 2.45) is 0 Å². The van der Waals surface area contributed by atoms with Gasteiger partial charge in [0.05, 0.1) is 6.04 Å². The first-order valence-corrected chi connectivity index (χ1v) is 7.42. The number of aromatic nitrogens is 2. The fraction of sp³-hybridized carbons (Fsp3) is 0.278. The number of rotatable bonds is 2. The van der Waals surface area contributed by atoms with Crippen molar-refractivity contribution in [1.82, 2.24) is 15.3 Å². The molecule has 4 heteroatoms. The van der Waals surface area contributed by atoms with Gasteiger partial charge in [0.25, 0.3) is 5.91 Å². The fourth-order valence-corrected chi connectivity index (χ4v) is 2.73. The standard InChI is InChI=1S/C18H17N3O/c1-2-7-17(22)20-15-10-6-11-16-14(15)12-19-18(21-16)13-8-4-3-5-9-13/h3-5,8-9,12,15H,6,10-11H2,1H3,(H,20,22). The molecule has 110 valence electrons. The number of carbonyl (C=O) groups is 1. The van der Waals surface area contributed by atoms with Crippen molar-refractivity contribution in [2.75, 3.05) is 0 Å². The summed E-state index contributed by atoms with van der Waals surface area (Å²) in [5, 5.41) is 2.94. The van der Waals surface area contributed by atoms with Gasteiger partial charge in [0, 0.05) is 23.0 Å². The molecule has 1 aliphatic rings. The maximum Gasteiger partial charge on any atom is 0.296 e. The Bertz CT molecular complexity index is 744. The first-order valence-electron chi connectivity index (χ1n) is 7.42. The van der Waals surface area contributed by atoms with Crippen LogP contribution in [0.2, 0.25) is 0 Å². The van der Waals surface area contributed by atoms with Gasteiger partial charge in [0.2, 0.25) is 0 Å². The summed E-state index contributed by atoms with van der Waals surface area (Å²) in [4.78, 5) is 20.8. The van der Waals surface area contributed by atoms with Gasteiger partial charge in [-0.15, -0.1) is 0 Å². The lowest BCUT2D eigenvalue weighted by Crippen LogP contribution is -2.30. The summed E-state index contributed by atoms with van der Waals surface area (Å²) < 4.78 is 0. The number of aryl methyl sites for hydroxylation is 1. The summed E-state index contributed by atoms with van der Waals surface area (Å²) in [6.45, 7) is 1.66. The lowest BCUT2D eigenvalue weighted by Gasteiger charge is -2.24. The fourth-order valence-electron chi connectivity index (χ4n) is 2.73. The number of hydrogen-bond acceptors (Lipinski definition) is 3. The molecule has 22 heavy (non-hydrogen) atoms. The van der Waals surface area contributed by atoms with E-state index in [0.29, 0.717) is 0 Å². The van der Waals surface area contributed by atoms with E-state index in [0.717, 1.165) is 41.9 Å². The van der Waals surface area contributed by atoms with E-state index in [1.54, 1.807) is 6.92 Å². The Kier molecular flexibility index (Phi) is 4.15. The van der Waals surface area contributed by atoms with Crippen molar-refractivity contribution in [3.63, 3.8) is 0 Å². The summed E-state index contributed by atoms with van der Waals surface area (Å²) in [7, 11) is 0. The van der Waals surface area contributed by atoms with Gasteiger partial charge in [0.15, 0.2) is 5.82 Å². The van der Waals surface area contributed by atoms with Crippen LogP contribution in [0.4, 0.5) is 0 Å². The first-order chi connectivity index (χ1) is 10.8. The summed E-state index contributed by atoms with van der Waals surface area (Å²) in [5.74, 6) is 5.63. The van der Waals surface area contributed by atoms with E-state index in [4.69, 9.17) is 0 Å². The highest BCUT2D eigenvalue weighted by Crippen LogP contribution is 2.29. The maximum absolute atomic E-state index is 11.7. The van der Waals surface area contributed by atoms with Crippen LogP contribution in [0.3, 0.4) is 0 Å². The lowest BCUT2D eigenvalue weighted by atomic mass is 9.92. The Hall–Kier alpha value is -2.67. The second-order valence-corrected chi connectivity index (χ2v) is 5.25. The number of hydrogen-bond donors (Lipinski definition) is 1. The molecule has 0 saturated heterocycles. The van der Waals surface area contributed by atoms with Gasteiger partial charge in [-0.25, -0.2) is 9.97 Å². The highest BCUT2D eigenvalue weighted by atomic mass is 16.1. The molecule has 2 aromatic rings. The number of benzene rings is 1. The van der Waals surface area contributed by atoms with E-state index in [1.807, 2.05) is 36.5 Å². The molecule has 1 unspecified atom stereocenters. The molecule has 1 aromatic heterocycles. The predicted octanol–water partition coefficient (Wildman–Crippen LogP) is 2.66. The Balaban J connectivity index is 1.89. The second kappa shape index (κ2) is 6.40.